The fourth-order valence-corrected chi connectivity index (χ4v) is 5.37. The van der Waals surface area contributed by atoms with Crippen molar-refractivity contribution < 1.29 is 4.79 Å². The molecule has 9 heteroatoms. The lowest BCUT2D eigenvalue weighted by atomic mass is 9.80. The van der Waals surface area contributed by atoms with Crippen LogP contribution in [0.4, 0.5) is 5.69 Å². The zero-order valence-electron chi connectivity index (χ0n) is 17.4. The highest BCUT2D eigenvalue weighted by Crippen LogP contribution is 2.31. The Balaban J connectivity index is 1.39. The van der Waals surface area contributed by atoms with Crippen molar-refractivity contribution >= 4 is 22.5 Å². The van der Waals surface area contributed by atoms with Crippen LogP contribution in [0.25, 0.3) is 10.9 Å². The van der Waals surface area contributed by atoms with E-state index < -0.39 is 0 Å². The molecule has 0 spiro atoms. The molecule has 9 nitrogen and oxygen atoms in total. The molecule has 3 fully saturated rings. The minimum Gasteiger partial charge on any atom is -0.368 e. The number of aromatic nitrogens is 2. The summed E-state index contributed by atoms with van der Waals surface area (Å²) in [6, 6.07) is 6.57. The molecule has 2 aliphatic heterocycles. The Bertz CT molecular complexity index is 914. The van der Waals surface area contributed by atoms with Gasteiger partial charge in [0.1, 0.15) is 0 Å². The van der Waals surface area contributed by atoms with Crippen LogP contribution in [0, 0.1) is 11.8 Å². The fraction of sp³-hybridized carbons (Fsp3) is 0.619. The van der Waals surface area contributed by atoms with E-state index in [2.05, 4.69) is 31.9 Å². The topological polar surface area (TPSA) is 121 Å². The van der Waals surface area contributed by atoms with Crippen LogP contribution in [0.1, 0.15) is 32.1 Å². The number of rotatable bonds is 4. The summed E-state index contributed by atoms with van der Waals surface area (Å²) in [6.07, 6.45) is 7.45. The molecule has 4 unspecified atom stereocenters. The Morgan fingerprint density at radius 2 is 2.13 bits per heavy atom. The summed E-state index contributed by atoms with van der Waals surface area (Å²) in [6.45, 7) is 0.766. The molecule has 5 rings (SSSR count). The summed E-state index contributed by atoms with van der Waals surface area (Å²) >= 11 is 0. The molecular weight excluding hydrogens is 380 g/mol. The van der Waals surface area contributed by atoms with E-state index in [-0.39, 0.29) is 36.1 Å². The number of nitrogens with one attached hydrogen (secondary N) is 5. The zero-order valence-corrected chi connectivity index (χ0v) is 17.4. The largest absolute Gasteiger partial charge is 0.368 e. The maximum atomic E-state index is 12.7. The number of hydrazine groups is 1. The van der Waals surface area contributed by atoms with Crippen LogP contribution < -0.4 is 32.5 Å². The van der Waals surface area contributed by atoms with Crippen molar-refractivity contribution in [3.63, 3.8) is 0 Å². The number of amides is 1. The molecule has 0 radical (unpaired) electrons. The van der Waals surface area contributed by atoms with Gasteiger partial charge in [-0.05, 0) is 37.3 Å². The summed E-state index contributed by atoms with van der Waals surface area (Å²) in [5.74, 6) is 0.113. The molecule has 1 saturated carbocycles. The van der Waals surface area contributed by atoms with Gasteiger partial charge in [-0.2, -0.15) is 5.10 Å². The van der Waals surface area contributed by atoms with Crippen molar-refractivity contribution in [2.75, 3.05) is 11.9 Å². The molecule has 1 amide bonds. The van der Waals surface area contributed by atoms with E-state index in [0.29, 0.717) is 6.04 Å². The van der Waals surface area contributed by atoms with Crippen molar-refractivity contribution in [2.45, 2.75) is 56.5 Å². The number of benzene rings is 1. The Labute approximate surface area is 176 Å². The summed E-state index contributed by atoms with van der Waals surface area (Å²) in [7, 11) is 1.92. The van der Waals surface area contributed by atoms with E-state index >= 15 is 0 Å². The number of anilines is 1. The van der Waals surface area contributed by atoms with E-state index in [0.717, 1.165) is 42.4 Å². The van der Waals surface area contributed by atoms with Gasteiger partial charge in [0, 0.05) is 42.9 Å². The molecule has 3 aliphatic rings. The lowest BCUT2D eigenvalue weighted by molar-refractivity contribution is -0.133. The summed E-state index contributed by atoms with van der Waals surface area (Å²) in [5, 5.41) is 16.6. The van der Waals surface area contributed by atoms with Gasteiger partial charge in [0.05, 0.1) is 23.8 Å². The van der Waals surface area contributed by atoms with Gasteiger partial charge in [-0.25, -0.2) is 5.43 Å². The quantitative estimate of drug-likeness (QED) is 0.429. The van der Waals surface area contributed by atoms with Crippen LogP contribution in [-0.4, -0.2) is 46.6 Å². The molecular formula is C21H32N8O. The number of aryl methyl sites for hydroxylation is 1. The lowest BCUT2D eigenvalue weighted by Crippen LogP contribution is -2.69. The number of fused-ring (bicyclic) bond motifs is 2. The Hall–Kier alpha value is -2.20. The van der Waals surface area contributed by atoms with Gasteiger partial charge in [0.2, 0.25) is 5.91 Å². The SMILES string of the molecule is Cn1cc2c(NC3NC(N[C@@H]4CCCC[C@@H]4N)CC4CNNC(=O)C43)cccc2n1. The molecule has 30 heavy (non-hydrogen) atoms. The van der Waals surface area contributed by atoms with Crippen LogP contribution in [0.5, 0.6) is 0 Å². The second-order valence-electron chi connectivity index (χ2n) is 9.00. The first-order chi connectivity index (χ1) is 14.6. The van der Waals surface area contributed by atoms with Gasteiger partial charge in [-0.1, -0.05) is 18.9 Å². The average Bonchev–Trinajstić information content (AvgIpc) is 3.11. The Kier molecular flexibility index (Phi) is 5.36. The predicted octanol–water partition coefficient (Wildman–Crippen LogP) is 0.357. The minimum absolute atomic E-state index is 0.0300. The van der Waals surface area contributed by atoms with E-state index in [1.54, 1.807) is 0 Å². The van der Waals surface area contributed by atoms with Crippen molar-refractivity contribution in [3.8, 4) is 0 Å². The first-order valence-electron chi connectivity index (χ1n) is 11.1. The molecule has 2 saturated heterocycles. The van der Waals surface area contributed by atoms with Crippen LogP contribution >= 0.6 is 0 Å². The van der Waals surface area contributed by atoms with Gasteiger partial charge >= 0.3 is 0 Å². The third-order valence-electron chi connectivity index (χ3n) is 6.87. The number of nitrogens with two attached hydrogens (primary N) is 1. The number of hydrogen-bond donors (Lipinski definition) is 6. The second kappa shape index (κ2) is 8.14. The van der Waals surface area contributed by atoms with Crippen LogP contribution in [0.3, 0.4) is 0 Å². The first-order valence-corrected chi connectivity index (χ1v) is 11.1. The highest BCUT2D eigenvalue weighted by Gasteiger charge is 2.44. The molecule has 6 atom stereocenters. The van der Waals surface area contributed by atoms with Gasteiger partial charge in [-0.15, -0.1) is 0 Å². The smallest absolute Gasteiger partial charge is 0.240 e. The van der Waals surface area contributed by atoms with Crippen LogP contribution in [0.15, 0.2) is 24.4 Å². The molecule has 7 N–H and O–H groups in total. The normalized spacial score (nSPS) is 34.4. The van der Waals surface area contributed by atoms with Crippen molar-refractivity contribution in [2.24, 2.45) is 24.6 Å². The van der Waals surface area contributed by atoms with E-state index in [4.69, 9.17) is 5.73 Å². The minimum atomic E-state index is -0.186. The van der Waals surface area contributed by atoms with Gasteiger partial charge in [0.25, 0.3) is 0 Å². The van der Waals surface area contributed by atoms with Crippen molar-refractivity contribution in [1.29, 1.82) is 0 Å². The van der Waals surface area contributed by atoms with Gasteiger partial charge in [0.15, 0.2) is 0 Å². The third kappa shape index (κ3) is 3.78. The predicted molar refractivity (Wildman–Crippen MR) is 116 cm³/mol. The number of hydrogen-bond acceptors (Lipinski definition) is 7. The third-order valence-corrected chi connectivity index (χ3v) is 6.87. The van der Waals surface area contributed by atoms with Gasteiger partial charge in [-0.3, -0.25) is 25.5 Å². The number of carbonyl (C=O) groups excluding carboxylic acids is 1. The molecule has 3 heterocycles. The maximum Gasteiger partial charge on any atom is 0.240 e. The standard InChI is InChI=1S/C21H32N8O/c1-29-11-13-15(7-4-8-16(13)28-29)25-20-19-12(10-23-27-21(19)30)9-18(26-20)24-17-6-3-2-5-14(17)22/h4,7-8,11-12,14,17-20,23-26H,2-3,5-6,9-10,22H2,1H3,(H,27,30)/t12?,14-,17+,18?,19?,20?/m0/s1. The fourth-order valence-electron chi connectivity index (χ4n) is 5.37. The Morgan fingerprint density at radius 3 is 3.00 bits per heavy atom. The lowest BCUT2D eigenvalue weighted by Gasteiger charge is -2.46. The summed E-state index contributed by atoms with van der Waals surface area (Å²) in [5.41, 5.74) is 14.2. The molecule has 0 bridgehead atoms. The van der Waals surface area contributed by atoms with E-state index in [1.165, 1.54) is 12.8 Å². The van der Waals surface area contributed by atoms with Gasteiger partial charge < -0.3 is 11.1 Å². The maximum absolute atomic E-state index is 12.7. The van der Waals surface area contributed by atoms with Crippen molar-refractivity contribution in [1.82, 2.24) is 31.3 Å². The highest BCUT2D eigenvalue weighted by molar-refractivity contribution is 5.91. The molecule has 2 aromatic rings. The zero-order chi connectivity index (χ0) is 20.7. The molecule has 162 valence electrons. The number of carbonyl (C=O) groups is 1. The molecule has 1 aromatic heterocycles. The number of nitrogens with zero attached hydrogens (tertiary/aromatic N) is 2. The van der Waals surface area contributed by atoms with Crippen LogP contribution in [-0.2, 0) is 11.8 Å². The van der Waals surface area contributed by atoms with Crippen LogP contribution in [0.2, 0.25) is 0 Å². The molecule has 1 aliphatic carbocycles. The molecule has 1 aromatic carbocycles. The number of piperidine rings is 1. The van der Waals surface area contributed by atoms with E-state index in [9.17, 15) is 4.79 Å². The second-order valence-corrected chi connectivity index (χ2v) is 9.00. The average molecular weight is 413 g/mol. The van der Waals surface area contributed by atoms with Crippen molar-refractivity contribution in [3.05, 3.63) is 24.4 Å². The summed E-state index contributed by atoms with van der Waals surface area (Å²) in [4.78, 5) is 12.7. The highest BCUT2D eigenvalue weighted by atomic mass is 16.2. The Morgan fingerprint density at radius 1 is 1.27 bits per heavy atom. The summed E-state index contributed by atoms with van der Waals surface area (Å²) < 4.78 is 1.82. The van der Waals surface area contributed by atoms with E-state index in [1.807, 2.05) is 36.1 Å². The first kappa shape index (κ1) is 19.7. The monoisotopic (exact) mass is 412 g/mol.